The maximum Gasteiger partial charge on any atom is 0.260 e. The molecule has 1 fully saturated rings. The van der Waals surface area contributed by atoms with Gasteiger partial charge in [-0.15, -0.1) is 0 Å². The molecule has 1 saturated heterocycles. The molecule has 4 rings (SSSR count). The molecule has 0 unspecified atom stereocenters. The fourth-order valence-corrected chi connectivity index (χ4v) is 3.70. The fourth-order valence-electron chi connectivity index (χ4n) is 3.57. The van der Waals surface area contributed by atoms with Gasteiger partial charge >= 0.3 is 0 Å². The third kappa shape index (κ3) is 3.68. The zero-order chi connectivity index (χ0) is 19.7. The number of carbonyl (C=O) groups excluding carboxylic acids is 2. The lowest BCUT2D eigenvalue weighted by atomic mass is 10.0. The molecule has 7 nitrogen and oxygen atoms in total. The molecule has 0 aliphatic carbocycles. The molecule has 2 atom stereocenters. The van der Waals surface area contributed by atoms with Crippen molar-refractivity contribution in [2.24, 2.45) is 5.10 Å². The van der Waals surface area contributed by atoms with Gasteiger partial charge in [-0.3, -0.25) is 14.5 Å². The largest absolute Gasteiger partial charge is 0.467 e. The molecule has 2 amide bonds. The number of hydrogen-bond donors (Lipinski definition) is 1. The predicted octanol–water partition coefficient (Wildman–Crippen LogP) is 2.43. The number of nitrogens with zero attached hydrogens (tertiary/aromatic N) is 3. The summed E-state index contributed by atoms with van der Waals surface area (Å²) < 4.78 is 5.58. The van der Waals surface area contributed by atoms with Crippen LogP contribution in [0.2, 0.25) is 5.02 Å². The van der Waals surface area contributed by atoms with Gasteiger partial charge in [-0.1, -0.05) is 23.7 Å². The molecule has 0 radical (unpaired) electrons. The molecule has 0 saturated carbocycles. The monoisotopic (exact) mass is 400 g/mol. The van der Waals surface area contributed by atoms with Crippen molar-refractivity contribution in [2.75, 3.05) is 19.6 Å². The highest BCUT2D eigenvalue weighted by molar-refractivity contribution is 6.30. The van der Waals surface area contributed by atoms with Crippen molar-refractivity contribution >= 4 is 29.1 Å². The fraction of sp³-hybridized carbons (Fsp3) is 0.350. The van der Waals surface area contributed by atoms with Crippen LogP contribution in [-0.4, -0.2) is 53.1 Å². The number of benzene rings is 1. The number of halogens is 1. The zero-order valence-corrected chi connectivity index (χ0v) is 16.2. The molecule has 2 aliphatic heterocycles. The Labute approximate surface area is 167 Å². The van der Waals surface area contributed by atoms with Crippen LogP contribution in [0.5, 0.6) is 0 Å². The van der Waals surface area contributed by atoms with E-state index in [1.807, 2.05) is 30.0 Å². The first-order chi connectivity index (χ1) is 13.5. The average Bonchev–Trinajstić information content (AvgIpc) is 3.37. The number of amides is 2. The lowest BCUT2D eigenvalue weighted by Gasteiger charge is -2.33. The van der Waals surface area contributed by atoms with E-state index in [4.69, 9.17) is 16.0 Å². The van der Waals surface area contributed by atoms with Crippen molar-refractivity contribution < 1.29 is 14.0 Å². The first kappa shape index (κ1) is 18.7. The van der Waals surface area contributed by atoms with Gasteiger partial charge in [0, 0.05) is 24.5 Å². The van der Waals surface area contributed by atoms with E-state index in [9.17, 15) is 9.59 Å². The first-order valence-corrected chi connectivity index (χ1v) is 9.61. The maximum atomic E-state index is 13.3. The van der Waals surface area contributed by atoms with Gasteiger partial charge in [0.1, 0.15) is 11.8 Å². The Hall–Kier alpha value is -2.64. The normalized spacial score (nSPS) is 21.4. The van der Waals surface area contributed by atoms with Crippen LogP contribution in [0.3, 0.4) is 0 Å². The quantitative estimate of drug-likeness (QED) is 0.855. The predicted molar refractivity (Wildman–Crippen MR) is 105 cm³/mol. The Balaban J connectivity index is 1.61. The van der Waals surface area contributed by atoms with E-state index in [2.05, 4.69) is 10.4 Å². The van der Waals surface area contributed by atoms with Crippen molar-refractivity contribution in [1.82, 2.24) is 15.2 Å². The van der Waals surface area contributed by atoms with E-state index in [1.165, 1.54) is 5.01 Å². The Morgan fingerprint density at radius 1 is 1.32 bits per heavy atom. The number of piperazine rings is 1. The van der Waals surface area contributed by atoms with E-state index in [-0.39, 0.29) is 24.4 Å². The van der Waals surface area contributed by atoms with Crippen LogP contribution in [0.1, 0.15) is 30.7 Å². The summed E-state index contributed by atoms with van der Waals surface area (Å²) >= 11 is 5.99. The Kier molecular flexibility index (Phi) is 5.19. The third-order valence-corrected chi connectivity index (χ3v) is 5.41. The summed E-state index contributed by atoms with van der Waals surface area (Å²) in [6.45, 7) is 3.19. The summed E-state index contributed by atoms with van der Waals surface area (Å²) in [6.07, 6.45) is 2.14. The van der Waals surface area contributed by atoms with E-state index in [1.54, 1.807) is 24.5 Å². The van der Waals surface area contributed by atoms with Gasteiger partial charge in [0.25, 0.3) is 5.91 Å². The number of furan rings is 1. The highest BCUT2D eigenvalue weighted by atomic mass is 35.5. The van der Waals surface area contributed by atoms with Gasteiger partial charge in [0.2, 0.25) is 5.91 Å². The van der Waals surface area contributed by atoms with Crippen molar-refractivity contribution in [3.8, 4) is 0 Å². The summed E-state index contributed by atoms with van der Waals surface area (Å²) in [5, 5.41) is 9.56. The minimum atomic E-state index is -0.461. The van der Waals surface area contributed by atoms with Gasteiger partial charge < -0.3 is 9.73 Å². The zero-order valence-electron chi connectivity index (χ0n) is 15.5. The highest BCUT2D eigenvalue weighted by Crippen LogP contribution is 2.34. The van der Waals surface area contributed by atoms with Crippen LogP contribution in [0.25, 0.3) is 0 Å². The van der Waals surface area contributed by atoms with Crippen LogP contribution in [-0.2, 0) is 9.59 Å². The number of hydrogen-bond acceptors (Lipinski definition) is 5. The van der Waals surface area contributed by atoms with E-state index in [0.29, 0.717) is 30.3 Å². The maximum absolute atomic E-state index is 13.3. The molecule has 2 aliphatic rings. The molecule has 1 aromatic heterocycles. The second-order valence-electron chi connectivity index (χ2n) is 6.97. The van der Waals surface area contributed by atoms with Crippen molar-refractivity contribution in [1.29, 1.82) is 0 Å². The molecule has 1 N–H and O–H groups in total. The van der Waals surface area contributed by atoms with Gasteiger partial charge in [0.15, 0.2) is 0 Å². The highest BCUT2D eigenvalue weighted by Gasteiger charge is 2.38. The molecule has 8 heteroatoms. The SMILES string of the molecule is C[C@@H](C(=O)N1N=C(c2ccc(Cl)cc2)C[C@@H]1c1ccco1)N1CCNC(=O)C1. The van der Waals surface area contributed by atoms with Crippen molar-refractivity contribution in [3.05, 3.63) is 59.0 Å². The van der Waals surface area contributed by atoms with Crippen LogP contribution >= 0.6 is 11.6 Å². The molecule has 1 aromatic carbocycles. The molecular weight excluding hydrogens is 380 g/mol. The van der Waals surface area contributed by atoms with Gasteiger partial charge in [-0.05, 0) is 36.8 Å². The molecule has 0 bridgehead atoms. The molecule has 0 spiro atoms. The standard InChI is InChI=1S/C20H21ClN4O3/c1-13(24-9-8-22-19(26)12-24)20(27)25-17(18-3-2-10-28-18)11-16(23-25)14-4-6-15(21)7-5-14/h2-7,10,13,17H,8-9,11-12H2,1H3,(H,22,26)/t13-,17+/m0/s1. The van der Waals surface area contributed by atoms with Crippen LogP contribution in [0, 0.1) is 0 Å². The second-order valence-corrected chi connectivity index (χ2v) is 7.40. The Bertz CT molecular complexity index is 895. The van der Waals surface area contributed by atoms with Crippen LogP contribution in [0.4, 0.5) is 0 Å². The summed E-state index contributed by atoms with van der Waals surface area (Å²) in [4.78, 5) is 26.8. The first-order valence-electron chi connectivity index (χ1n) is 9.23. The minimum Gasteiger partial charge on any atom is -0.467 e. The van der Waals surface area contributed by atoms with Crippen LogP contribution < -0.4 is 5.32 Å². The van der Waals surface area contributed by atoms with Crippen LogP contribution in [0.15, 0.2) is 52.2 Å². The molecule has 3 heterocycles. The summed E-state index contributed by atoms with van der Waals surface area (Å²) in [5.74, 6) is 0.463. The van der Waals surface area contributed by atoms with Gasteiger partial charge in [-0.25, -0.2) is 5.01 Å². The topological polar surface area (TPSA) is 78.2 Å². The molecule has 2 aromatic rings. The molecule has 28 heavy (non-hydrogen) atoms. The van der Waals surface area contributed by atoms with E-state index >= 15 is 0 Å². The van der Waals surface area contributed by atoms with Gasteiger partial charge in [0.05, 0.1) is 24.6 Å². The summed E-state index contributed by atoms with van der Waals surface area (Å²) in [6, 6.07) is 10.3. The average molecular weight is 401 g/mol. The number of hydrazone groups is 1. The van der Waals surface area contributed by atoms with E-state index in [0.717, 1.165) is 11.3 Å². The lowest BCUT2D eigenvalue weighted by molar-refractivity contribution is -0.140. The summed E-state index contributed by atoms with van der Waals surface area (Å²) in [5.41, 5.74) is 1.72. The second kappa shape index (κ2) is 7.77. The Morgan fingerprint density at radius 2 is 2.11 bits per heavy atom. The molecular formula is C20H21ClN4O3. The number of rotatable bonds is 4. The smallest absolute Gasteiger partial charge is 0.260 e. The third-order valence-electron chi connectivity index (χ3n) is 5.16. The van der Waals surface area contributed by atoms with E-state index < -0.39 is 6.04 Å². The van der Waals surface area contributed by atoms with Crippen molar-refractivity contribution in [2.45, 2.75) is 25.4 Å². The van der Waals surface area contributed by atoms with Crippen molar-refractivity contribution in [3.63, 3.8) is 0 Å². The molecule has 146 valence electrons. The summed E-state index contributed by atoms with van der Waals surface area (Å²) in [7, 11) is 0. The Morgan fingerprint density at radius 3 is 2.79 bits per heavy atom. The number of carbonyl (C=O) groups is 2. The number of nitrogens with one attached hydrogen (secondary N) is 1. The minimum absolute atomic E-state index is 0.0692. The van der Waals surface area contributed by atoms with Gasteiger partial charge in [-0.2, -0.15) is 5.10 Å². The lowest BCUT2D eigenvalue weighted by Crippen LogP contribution is -2.55.